The highest BCUT2D eigenvalue weighted by Crippen LogP contribution is 2.27. The van der Waals surface area contributed by atoms with Gasteiger partial charge in [-0.15, -0.1) is 11.8 Å². The van der Waals surface area contributed by atoms with Crippen molar-refractivity contribution in [2.24, 2.45) is 0 Å². The Kier molecular flexibility index (Phi) is 3.14. The van der Waals surface area contributed by atoms with E-state index >= 15 is 0 Å². The zero-order valence-corrected chi connectivity index (χ0v) is 9.31. The number of aliphatic hydroxyl groups is 1. The third-order valence-corrected chi connectivity index (χ3v) is 3.80. The third-order valence-electron chi connectivity index (χ3n) is 2.56. The van der Waals surface area contributed by atoms with Crippen LogP contribution in [0.4, 0.5) is 0 Å². The van der Waals surface area contributed by atoms with Crippen molar-refractivity contribution < 1.29 is 5.11 Å². The van der Waals surface area contributed by atoms with Crippen LogP contribution in [0.5, 0.6) is 0 Å². The van der Waals surface area contributed by atoms with Gasteiger partial charge in [-0.25, -0.2) is 0 Å². The van der Waals surface area contributed by atoms with Crippen molar-refractivity contribution in [1.29, 1.82) is 0 Å². The van der Waals surface area contributed by atoms with Crippen LogP contribution in [0.2, 0.25) is 0 Å². The second-order valence-corrected chi connectivity index (χ2v) is 5.04. The number of hydrogen-bond donors (Lipinski definition) is 1. The second-order valence-electron chi connectivity index (χ2n) is 3.94. The summed E-state index contributed by atoms with van der Waals surface area (Å²) in [7, 11) is 0. The molecule has 0 saturated carbocycles. The number of benzene rings is 1. The van der Waals surface area contributed by atoms with Gasteiger partial charge in [-0.05, 0) is 49.4 Å². The van der Waals surface area contributed by atoms with Crippen molar-refractivity contribution in [3.8, 4) is 0 Å². The molecule has 2 rings (SSSR count). The fourth-order valence-electron chi connectivity index (χ4n) is 1.85. The first kappa shape index (κ1) is 10.1. The van der Waals surface area contributed by atoms with Gasteiger partial charge in [0.25, 0.3) is 0 Å². The van der Waals surface area contributed by atoms with E-state index in [2.05, 4.69) is 18.2 Å². The molecule has 0 aliphatic heterocycles. The molecule has 1 atom stereocenters. The molecule has 1 nitrogen and oxygen atoms in total. The standard InChI is InChI=1S/C12H16OS/c1-9(13)8-14-12-6-5-10-3-2-4-11(10)7-12/h5-7,9,13H,2-4,8H2,1H3. The molecule has 1 aliphatic carbocycles. The zero-order valence-electron chi connectivity index (χ0n) is 8.49. The van der Waals surface area contributed by atoms with Gasteiger partial charge < -0.3 is 5.11 Å². The largest absolute Gasteiger partial charge is 0.393 e. The van der Waals surface area contributed by atoms with Gasteiger partial charge >= 0.3 is 0 Å². The van der Waals surface area contributed by atoms with Crippen molar-refractivity contribution in [3.05, 3.63) is 29.3 Å². The molecule has 2 heteroatoms. The molecule has 1 N–H and O–H groups in total. The van der Waals surface area contributed by atoms with Crippen LogP contribution in [0.1, 0.15) is 24.5 Å². The van der Waals surface area contributed by atoms with Crippen LogP contribution in [0.25, 0.3) is 0 Å². The van der Waals surface area contributed by atoms with Gasteiger partial charge in [-0.1, -0.05) is 6.07 Å². The van der Waals surface area contributed by atoms with E-state index in [0.717, 1.165) is 5.75 Å². The van der Waals surface area contributed by atoms with Crippen LogP contribution in [0.3, 0.4) is 0 Å². The van der Waals surface area contributed by atoms with Gasteiger partial charge in [0.05, 0.1) is 6.10 Å². The van der Waals surface area contributed by atoms with Crippen molar-refractivity contribution in [2.75, 3.05) is 5.75 Å². The van der Waals surface area contributed by atoms with Gasteiger partial charge in [-0.2, -0.15) is 0 Å². The van der Waals surface area contributed by atoms with Crippen LogP contribution in [-0.2, 0) is 12.8 Å². The summed E-state index contributed by atoms with van der Waals surface area (Å²) in [4.78, 5) is 1.30. The van der Waals surface area contributed by atoms with E-state index in [4.69, 9.17) is 0 Å². The monoisotopic (exact) mass is 208 g/mol. The van der Waals surface area contributed by atoms with Crippen LogP contribution in [-0.4, -0.2) is 17.0 Å². The molecule has 0 saturated heterocycles. The number of aliphatic hydroxyl groups excluding tert-OH is 1. The molecular weight excluding hydrogens is 192 g/mol. The van der Waals surface area contributed by atoms with E-state index in [0.29, 0.717) is 0 Å². The minimum atomic E-state index is -0.215. The second kappa shape index (κ2) is 4.37. The molecule has 0 fully saturated rings. The Labute approximate surface area is 89.5 Å². The molecule has 14 heavy (non-hydrogen) atoms. The minimum Gasteiger partial charge on any atom is -0.393 e. The fourth-order valence-corrected chi connectivity index (χ4v) is 2.68. The summed E-state index contributed by atoms with van der Waals surface area (Å²) in [5, 5.41) is 9.19. The molecule has 0 aromatic heterocycles. The molecule has 0 spiro atoms. The molecule has 1 aromatic rings. The number of aryl methyl sites for hydroxylation is 2. The summed E-state index contributed by atoms with van der Waals surface area (Å²) >= 11 is 1.74. The summed E-state index contributed by atoms with van der Waals surface area (Å²) < 4.78 is 0. The van der Waals surface area contributed by atoms with E-state index in [-0.39, 0.29) is 6.10 Å². The Morgan fingerprint density at radius 1 is 1.36 bits per heavy atom. The first-order valence-corrected chi connectivity index (χ1v) is 6.17. The number of rotatable bonds is 3. The van der Waals surface area contributed by atoms with Crippen LogP contribution < -0.4 is 0 Å². The summed E-state index contributed by atoms with van der Waals surface area (Å²) in [5.41, 5.74) is 3.03. The molecule has 0 heterocycles. The fraction of sp³-hybridized carbons (Fsp3) is 0.500. The maximum atomic E-state index is 9.19. The Balaban J connectivity index is 2.05. The lowest BCUT2D eigenvalue weighted by atomic mass is 10.1. The van der Waals surface area contributed by atoms with Crippen LogP contribution in [0, 0.1) is 0 Å². The van der Waals surface area contributed by atoms with E-state index in [9.17, 15) is 5.11 Å². The SMILES string of the molecule is CC(O)CSc1ccc2c(c1)CCC2. The summed E-state index contributed by atoms with van der Waals surface area (Å²) in [6.45, 7) is 1.83. The van der Waals surface area contributed by atoms with E-state index in [1.807, 2.05) is 6.92 Å². The number of fused-ring (bicyclic) bond motifs is 1. The maximum Gasteiger partial charge on any atom is 0.0606 e. The first-order valence-electron chi connectivity index (χ1n) is 5.18. The zero-order chi connectivity index (χ0) is 9.97. The van der Waals surface area contributed by atoms with Gasteiger partial charge in [0, 0.05) is 10.6 Å². The molecule has 0 bridgehead atoms. The van der Waals surface area contributed by atoms with Crippen molar-refractivity contribution in [3.63, 3.8) is 0 Å². The third kappa shape index (κ3) is 2.31. The summed E-state index contributed by atoms with van der Waals surface area (Å²) in [5.74, 6) is 0.790. The topological polar surface area (TPSA) is 20.2 Å². The highest BCUT2D eigenvalue weighted by Gasteiger charge is 2.10. The predicted molar refractivity (Wildman–Crippen MR) is 60.9 cm³/mol. The Bertz CT molecular complexity index is 320. The van der Waals surface area contributed by atoms with Crippen molar-refractivity contribution in [1.82, 2.24) is 0 Å². The van der Waals surface area contributed by atoms with Crippen molar-refractivity contribution >= 4 is 11.8 Å². The predicted octanol–water partition coefficient (Wildman–Crippen LogP) is 2.65. The van der Waals surface area contributed by atoms with E-state index in [1.165, 1.54) is 35.3 Å². The number of thioether (sulfide) groups is 1. The van der Waals surface area contributed by atoms with Crippen molar-refractivity contribution in [2.45, 2.75) is 37.2 Å². The van der Waals surface area contributed by atoms with Gasteiger partial charge in [-0.3, -0.25) is 0 Å². The van der Waals surface area contributed by atoms with Gasteiger partial charge in [0.1, 0.15) is 0 Å². The highest BCUT2D eigenvalue weighted by molar-refractivity contribution is 7.99. The van der Waals surface area contributed by atoms with Gasteiger partial charge in [0.2, 0.25) is 0 Å². The maximum absolute atomic E-state index is 9.19. The number of hydrogen-bond acceptors (Lipinski definition) is 2. The van der Waals surface area contributed by atoms with Crippen LogP contribution in [0.15, 0.2) is 23.1 Å². The highest BCUT2D eigenvalue weighted by atomic mass is 32.2. The van der Waals surface area contributed by atoms with E-state index < -0.39 is 0 Å². The lowest BCUT2D eigenvalue weighted by molar-refractivity contribution is 0.220. The lowest BCUT2D eigenvalue weighted by Gasteiger charge is -2.06. The quantitative estimate of drug-likeness (QED) is 0.771. The molecular formula is C12H16OS. The van der Waals surface area contributed by atoms with Crippen LogP contribution >= 0.6 is 11.8 Å². The normalized spacial score (nSPS) is 16.7. The molecule has 0 radical (unpaired) electrons. The molecule has 76 valence electrons. The average molecular weight is 208 g/mol. The smallest absolute Gasteiger partial charge is 0.0606 e. The molecule has 0 amide bonds. The molecule has 1 aliphatic rings. The first-order chi connectivity index (χ1) is 6.75. The van der Waals surface area contributed by atoms with Gasteiger partial charge in [0.15, 0.2) is 0 Å². The lowest BCUT2D eigenvalue weighted by Crippen LogP contribution is -2.02. The molecule has 1 unspecified atom stereocenters. The Hall–Kier alpha value is -0.470. The minimum absolute atomic E-state index is 0.215. The molecule has 1 aromatic carbocycles. The Morgan fingerprint density at radius 3 is 2.93 bits per heavy atom. The summed E-state index contributed by atoms with van der Waals surface area (Å²) in [6, 6.07) is 6.71. The Morgan fingerprint density at radius 2 is 2.14 bits per heavy atom. The average Bonchev–Trinajstić information content (AvgIpc) is 2.61. The summed E-state index contributed by atoms with van der Waals surface area (Å²) in [6.07, 6.45) is 3.57. The van der Waals surface area contributed by atoms with E-state index in [1.54, 1.807) is 11.8 Å².